The summed E-state index contributed by atoms with van der Waals surface area (Å²) in [5, 5.41) is 9.11. The molecule has 1 atom stereocenters. The average Bonchev–Trinajstić information content (AvgIpc) is 2.85. The second-order valence-electron chi connectivity index (χ2n) is 8.13. The van der Waals surface area contributed by atoms with E-state index in [-0.39, 0.29) is 33.4 Å². The molecule has 2 aromatic carbocycles. The highest BCUT2D eigenvalue weighted by Crippen LogP contribution is 2.32. The van der Waals surface area contributed by atoms with E-state index in [0.717, 1.165) is 18.2 Å². The Bertz CT molecular complexity index is 1690. The van der Waals surface area contributed by atoms with Crippen molar-refractivity contribution >= 4 is 44.2 Å². The predicted molar refractivity (Wildman–Crippen MR) is 135 cm³/mol. The first-order chi connectivity index (χ1) is 17.5. The molecule has 0 aliphatic heterocycles. The SMILES string of the molecule is COc1ncc(-c2ccc3ncn(C[C@H](C)C(=O)O)c(=O)c3c2)cc1NS(=O)(=O)c1ccc(F)cc1Cl. The van der Waals surface area contributed by atoms with E-state index < -0.39 is 33.3 Å². The quantitative estimate of drug-likeness (QED) is 0.340. The molecule has 0 bridgehead atoms. The average molecular weight is 547 g/mol. The molecule has 0 amide bonds. The fourth-order valence-electron chi connectivity index (χ4n) is 3.58. The summed E-state index contributed by atoms with van der Waals surface area (Å²) in [5.41, 5.74) is 0.930. The lowest BCUT2D eigenvalue weighted by molar-refractivity contribution is -0.141. The van der Waals surface area contributed by atoms with Gasteiger partial charge in [0, 0.05) is 18.3 Å². The molecule has 0 saturated carbocycles. The summed E-state index contributed by atoms with van der Waals surface area (Å²) >= 11 is 5.94. The van der Waals surface area contributed by atoms with Crippen LogP contribution in [0.1, 0.15) is 6.92 Å². The van der Waals surface area contributed by atoms with E-state index in [1.54, 1.807) is 18.2 Å². The van der Waals surface area contributed by atoms with Crippen LogP contribution < -0.4 is 15.0 Å². The Balaban J connectivity index is 1.75. The summed E-state index contributed by atoms with van der Waals surface area (Å²) in [6.45, 7) is 1.43. The van der Waals surface area contributed by atoms with Gasteiger partial charge in [-0.05, 0) is 42.0 Å². The van der Waals surface area contributed by atoms with Crippen molar-refractivity contribution < 1.29 is 27.4 Å². The number of anilines is 1. The Labute approximate surface area is 215 Å². The number of aliphatic carboxylic acids is 1. The summed E-state index contributed by atoms with van der Waals surface area (Å²) in [4.78, 5) is 32.3. The Kier molecular flexibility index (Phi) is 7.14. The summed E-state index contributed by atoms with van der Waals surface area (Å²) in [6, 6.07) is 9.21. The summed E-state index contributed by atoms with van der Waals surface area (Å²) < 4.78 is 48.1. The van der Waals surface area contributed by atoms with Crippen LogP contribution in [-0.4, -0.2) is 41.1 Å². The topological polar surface area (TPSA) is 140 Å². The standard InChI is InChI=1S/C24H20ClFN4O6S/c1-13(24(32)33)11-30-12-28-19-5-3-14(7-17(19)23(30)31)15-8-20(22(36-2)27-10-15)29-37(34,35)21-6-4-16(26)9-18(21)25/h3-10,12-13,29H,11H2,1-2H3,(H,32,33)/t13-/m0/s1. The van der Waals surface area contributed by atoms with Crippen LogP contribution in [0.3, 0.4) is 0 Å². The summed E-state index contributed by atoms with van der Waals surface area (Å²) in [6.07, 6.45) is 2.73. The zero-order chi connectivity index (χ0) is 26.9. The lowest BCUT2D eigenvalue weighted by atomic mass is 10.0. The molecule has 0 unspecified atom stereocenters. The van der Waals surface area contributed by atoms with Gasteiger partial charge in [0.1, 0.15) is 16.4 Å². The third kappa shape index (κ3) is 5.39. The minimum absolute atomic E-state index is 0.0145. The van der Waals surface area contributed by atoms with Crippen LogP contribution in [0.2, 0.25) is 5.02 Å². The number of ether oxygens (including phenoxy) is 1. The zero-order valence-electron chi connectivity index (χ0n) is 19.5. The largest absolute Gasteiger partial charge is 0.481 e. The van der Waals surface area contributed by atoms with Crippen molar-refractivity contribution in [3.05, 3.63) is 76.2 Å². The summed E-state index contributed by atoms with van der Waals surface area (Å²) in [5.74, 6) is -2.55. The van der Waals surface area contributed by atoms with E-state index in [9.17, 15) is 22.4 Å². The van der Waals surface area contributed by atoms with Crippen LogP contribution >= 0.6 is 11.6 Å². The van der Waals surface area contributed by atoms with Gasteiger partial charge in [0.2, 0.25) is 5.88 Å². The first-order valence-corrected chi connectivity index (χ1v) is 12.6. The van der Waals surface area contributed by atoms with Gasteiger partial charge < -0.3 is 9.84 Å². The van der Waals surface area contributed by atoms with Gasteiger partial charge in [-0.3, -0.25) is 18.9 Å². The molecule has 13 heteroatoms. The van der Waals surface area contributed by atoms with Crippen LogP contribution in [-0.2, 0) is 21.4 Å². The van der Waals surface area contributed by atoms with Crippen LogP contribution in [0.4, 0.5) is 10.1 Å². The number of hydrogen-bond acceptors (Lipinski definition) is 7. The van der Waals surface area contributed by atoms with E-state index in [0.29, 0.717) is 16.6 Å². The van der Waals surface area contributed by atoms with Crippen LogP contribution in [0, 0.1) is 11.7 Å². The highest BCUT2D eigenvalue weighted by atomic mass is 35.5. The molecule has 37 heavy (non-hydrogen) atoms. The highest BCUT2D eigenvalue weighted by molar-refractivity contribution is 7.92. The van der Waals surface area contributed by atoms with Gasteiger partial charge in [-0.25, -0.2) is 22.8 Å². The number of nitrogens with one attached hydrogen (secondary N) is 1. The van der Waals surface area contributed by atoms with Gasteiger partial charge in [0.15, 0.2) is 0 Å². The minimum Gasteiger partial charge on any atom is -0.481 e. The molecule has 0 saturated heterocycles. The number of carbonyl (C=O) groups is 1. The van der Waals surface area contributed by atoms with E-state index in [4.69, 9.17) is 21.4 Å². The zero-order valence-corrected chi connectivity index (χ0v) is 21.0. The van der Waals surface area contributed by atoms with Crippen molar-refractivity contribution in [3.63, 3.8) is 0 Å². The fraction of sp³-hybridized carbons (Fsp3) is 0.167. The first kappa shape index (κ1) is 26.0. The number of rotatable bonds is 8. The maximum absolute atomic E-state index is 13.4. The molecule has 0 fully saturated rings. The molecule has 10 nitrogen and oxygen atoms in total. The van der Waals surface area contributed by atoms with E-state index in [1.165, 1.54) is 37.2 Å². The van der Waals surface area contributed by atoms with Gasteiger partial charge in [-0.2, -0.15) is 0 Å². The van der Waals surface area contributed by atoms with E-state index in [1.807, 2.05) is 0 Å². The lowest BCUT2D eigenvalue weighted by Crippen LogP contribution is -2.26. The maximum atomic E-state index is 13.4. The highest BCUT2D eigenvalue weighted by Gasteiger charge is 2.22. The maximum Gasteiger partial charge on any atom is 0.308 e. The molecular formula is C24H20ClFN4O6S. The van der Waals surface area contributed by atoms with Gasteiger partial charge in [0.25, 0.3) is 15.6 Å². The summed E-state index contributed by atoms with van der Waals surface area (Å²) in [7, 11) is -2.93. The number of benzene rings is 2. The molecule has 4 rings (SSSR count). The molecule has 0 radical (unpaired) electrons. The smallest absolute Gasteiger partial charge is 0.308 e. The van der Waals surface area contributed by atoms with Crippen molar-refractivity contribution in [2.45, 2.75) is 18.4 Å². The Hall–Kier alpha value is -4.03. The number of halogens is 2. The molecule has 0 aliphatic carbocycles. The number of pyridine rings is 1. The van der Waals surface area contributed by atoms with E-state index in [2.05, 4.69) is 14.7 Å². The number of carboxylic acids is 1. The van der Waals surface area contributed by atoms with Crippen LogP contribution in [0.15, 0.2) is 64.7 Å². The monoisotopic (exact) mass is 546 g/mol. The minimum atomic E-state index is -4.24. The van der Waals surface area contributed by atoms with Crippen molar-refractivity contribution in [2.75, 3.05) is 11.8 Å². The Morgan fingerprint density at radius 1 is 1.19 bits per heavy atom. The Morgan fingerprint density at radius 3 is 2.62 bits per heavy atom. The van der Waals surface area contributed by atoms with Gasteiger partial charge in [0.05, 0.1) is 35.3 Å². The van der Waals surface area contributed by atoms with Gasteiger partial charge >= 0.3 is 5.97 Å². The second-order valence-corrected chi connectivity index (χ2v) is 10.2. The lowest BCUT2D eigenvalue weighted by Gasteiger charge is -2.14. The molecule has 4 aromatic rings. The number of methoxy groups -OCH3 is 1. The third-order valence-corrected chi connectivity index (χ3v) is 7.37. The predicted octanol–water partition coefficient (Wildman–Crippen LogP) is 3.78. The van der Waals surface area contributed by atoms with Crippen molar-refractivity contribution in [2.24, 2.45) is 5.92 Å². The van der Waals surface area contributed by atoms with Crippen LogP contribution in [0.25, 0.3) is 22.0 Å². The third-order valence-electron chi connectivity index (χ3n) is 5.52. The molecular weight excluding hydrogens is 527 g/mol. The van der Waals surface area contributed by atoms with Crippen LogP contribution in [0.5, 0.6) is 5.88 Å². The molecule has 2 N–H and O–H groups in total. The number of nitrogens with zero attached hydrogens (tertiary/aromatic N) is 3. The molecule has 192 valence electrons. The van der Waals surface area contributed by atoms with Gasteiger partial charge in [-0.15, -0.1) is 0 Å². The number of carboxylic acid groups (broad SMARTS) is 1. The normalized spacial score (nSPS) is 12.3. The molecule has 2 heterocycles. The number of fused-ring (bicyclic) bond motifs is 1. The van der Waals surface area contributed by atoms with E-state index >= 15 is 0 Å². The van der Waals surface area contributed by atoms with Gasteiger partial charge in [-0.1, -0.05) is 24.6 Å². The molecule has 2 aromatic heterocycles. The Morgan fingerprint density at radius 2 is 1.95 bits per heavy atom. The van der Waals surface area contributed by atoms with Crippen molar-refractivity contribution in [1.29, 1.82) is 0 Å². The number of hydrogen-bond donors (Lipinski definition) is 2. The second kappa shape index (κ2) is 10.1. The molecule has 0 spiro atoms. The molecule has 0 aliphatic rings. The van der Waals surface area contributed by atoms with Crippen molar-refractivity contribution in [1.82, 2.24) is 14.5 Å². The number of aromatic nitrogens is 3. The van der Waals surface area contributed by atoms with Crippen molar-refractivity contribution in [3.8, 4) is 17.0 Å². The fourth-order valence-corrected chi connectivity index (χ4v) is 5.16. The first-order valence-electron chi connectivity index (χ1n) is 10.7. The number of sulfonamides is 1.